The number of rotatable bonds is 5. The number of amides is 1. The summed E-state index contributed by atoms with van der Waals surface area (Å²) in [5, 5.41) is 2.97. The largest absolute Gasteiger partial charge is 0.387 e. The Morgan fingerprint density at radius 2 is 2.31 bits per heavy atom. The lowest BCUT2D eigenvalue weighted by Crippen LogP contribution is -2.29. The minimum absolute atomic E-state index is 0.0308. The van der Waals surface area contributed by atoms with Crippen molar-refractivity contribution in [2.45, 2.75) is 0 Å². The molecule has 0 fully saturated rings. The molecule has 0 aliphatic carbocycles. The third kappa shape index (κ3) is 3.41. The number of nitrogens with one attached hydrogen (secondary N) is 1. The van der Waals surface area contributed by atoms with Crippen molar-refractivity contribution in [1.29, 1.82) is 0 Å². The summed E-state index contributed by atoms with van der Waals surface area (Å²) in [6, 6.07) is 3.59. The molecule has 0 saturated heterocycles. The van der Waals surface area contributed by atoms with E-state index in [1.165, 1.54) is 0 Å². The third-order valence-electron chi connectivity index (χ3n) is 2.25. The van der Waals surface area contributed by atoms with Crippen molar-refractivity contribution in [1.82, 2.24) is 9.88 Å². The van der Waals surface area contributed by atoms with Crippen LogP contribution in [0.5, 0.6) is 0 Å². The molecule has 0 saturated carbocycles. The van der Waals surface area contributed by atoms with E-state index in [1.807, 2.05) is 19.4 Å². The van der Waals surface area contributed by atoms with Gasteiger partial charge in [-0.05, 0) is 18.4 Å². The fourth-order valence-corrected chi connectivity index (χ4v) is 1.65. The molecule has 0 aliphatic heterocycles. The van der Waals surface area contributed by atoms with Gasteiger partial charge >= 0.3 is 0 Å². The summed E-state index contributed by atoms with van der Waals surface area (Å²) < 4.78 is 0. The number of carbonyl (C=O) groups excluding carboxylic acids is 1. The lowest BCUT2D eigenvalue weighted by Gasteiger charge is -2.15. The molecule has 0 bridgehead atoms. The minimum Gasteiger partial charge on any atom is -0.387 e. The number of pyridine rings is 1. The third-order valence-corrected chi connectivity index (χ3v) is 2.84. The Balaban J connectivity index is 2.64. The van der Waals surface area contributed by atoms with Crippen LogP contribution in [0.4, 0.5) is 5.69 Å². The van der Waals surface area contributed by atoms with Crippen LogP contribution in [-0.2, 0) is 0 Å². The smallest absolute Gasteiger partial charge is 0.272 e. The molecule has 5 heteroatoms. The van der Waals surface area contributed by atoms with Crippen LogP contribution in [0, 0.1) is 0 Å². The van der Waals surface area contributed by atoms with E-state index in [0.717, 1.165) is 18.0 Å². The van der Waals surface area contributed by atoms with Crippen molar-refractivity contribution in [3.05, 3.63) is 24.0 Å². The highest BCUT2D eigenvalue weighted by molar-refractivity contribution is 7.98. The van der Waals surface area contributed by atoms with Crippen LogP contribution in [0.1, 0.15) is 10.5 Å². The number of hydrogen-bond donors (Lipinski definition) is 1. The molecule has 4 nitrogen and oxygen atoms in total. The Bertz CT molecular complexity index is 340. The topological polar surface area (TPSA) is 45.2 Å². The van der Waals surface area contributed by atoms with Crippen molar-refractivity contribution >= 4 is 23.4 Å². The van der Waals surface area contributed by atoms with Crippen LogP contribution in [-0.4, -0.2) is 48.4 Å². The zero-order chi connectivity index (χ0) is 12.0. The van der Waals surface area contributed by atoms with Crippen LogP contribution in [0.3, 0.4) is 0 Å². The highest BCUT2D eigenvalue weighted by Crippen LogP contribution is 2.07. The summed E-state index contributed by atoms with van der Waals surface area (Å²) in [6.07, 6.45) is 3.69. The predicted octanol–water partition coefficient (Wildman–Crippen LogP) is 1.56. The van der Waals surface area contributed by atoms with Crippen LogP contribution < -0.4 is 5.32 Å². The fraction of sp³-hybridized carbons (Fsp3) is 0.455. The van der Waals surface area contributed by atoms with Gasteiger partial charge in [0.2, 0.25) is 0 Å². The maximum atomic E-state index is 11.9. The van der Waals surface area contributed by atoms with E-state index in [9.17, 15) is 4.79 Å². The van der Waals surface area contributed by atoms with E-state index < -0.39 is 0 Å². The van der Waals surface area contributed by atoms with E-state index in [2.05, 4.69) is 10.3 Å². The van der Waals surface area contributed by atoms with Gasteiger partial charge in [0, 0.05) is 26.4 Å². The molecule has 0 spiro atoms. The number of hydrogen-bond acceptors (Lipinski definition) is 4. The van der Waals surface area contributed by atoms with Crippen molar-refractivity contribution in [3.8, 4) is 0 Å². The molecule has 0 aromatic carbocycles. The van der Waals surface area contributed by atoms with Gasteiger partial charge in [-0.3, -0.25) is 4.79 Å². The SMILES string of the molecule is CNc1ccc(C(=O)N(C)CCSC)nc1. The Hall–Kier alpha value is -1.23. The molecule has 0 aliphatic rings. The van der Waals surface area contributed by atoms with E-state index in [0.29, 0.717) is 5.69 Å². The summed E-state index contributed by atoms with van der Waals surface area (Å²) in [6.45, 7) is 0.745. The van der Waals surface area contributed by atoms with Gasteiger partial charge in [-0.2, -0.15) is 11.8 Å². The minimum atomic E-state index is -0.0308. The zero-order valence-corrected chi connectivity index (χ0v) is 10.7. The molecular formula is C11H17N3OS. The molecule has 1 rings (SSSR count). The number of anilines is 1. The molecule has 1 N–H and O–H groups in total. The van der Waals surface area contributed by atoms with Gasteiger partial charge in [0.25, 0.3) is 5.91 Å². The van der Waals surface area contributed by atoms with Crippen molar-refractivity contribution in [3.63, 3.8) is 0 Å². The molecular weight excluding hydrogens is 222 g/mol. The highest BCUT2D eigenvalue weighted by Gasteiger charge is 2.11. The molecule has 0 radical (unpaired) electrons. The molecule has 1 amide bonds. The number of thioether (sulfide) groups is 1. The van der Waals surface area contributed by atoms with Gasteiger partial charge in [-0.25, -0.2) is 4.98 Å². The number of carbonyl (C=O) groups is 1. The molecule has 0 unspecified atom stereocenters. The van der Waals surface area contributed by atoms with Crippen molar-refractivity contribution in [2.24, 2.45) is 0 Å². The molecule has 1 aromatic rings. The first-order valence-corrected chi connectivity index (χ1v) is 6.46. The molecule has 0 atom stereocenters. The van der Waals surface area contributed by atoms with Gasteiger partial charge in [0.15, 0.2) is 0 Å². The monoisotopic (exact) mass is 239 g/mol. The summed E-state index contributed by atoms with van der Waals surface area (Å²) >= 11 is 1.72. The molecule has 88 valence electrons. The van der Waals surface area contributed by atoms with Gasteiger partial charge in [-0.15, -0.1) is 0 Å². The Morgan fingerprint density at radius 1 is 1.56 bits per heavy atom. The van der Waals surface area contributed by atoms with Crippen LogP contribution in [0.25, 0.3) is 0 Å². The van der Waals surface area contributed by atoms with Gasteiger partial charge in [0.05, 0.1) is 11.9 Å². The average Bonchev–Trinajstić information content (AvgIpc) is 2.35. The second kappa shape index (κ2) is 6.37. The standard InChI is InChI=1S/C11H17N3OS/c1-12-9-4-5-10(13-8-9)11(15)14(2)6-7-16-3/h4-5,8,12H,6-7H2,1-3H3. The maximum Gasteiger partial charge on any atom is 0.272 e. The van der Waals surface area contributed by atoms with Crippen molar-refractivity contribution < 1.29 is 4.79 Å². The predicted molar refractivity (Wildman–Crippen MR) is 69.1 cm³/mol. The highest BCUT2D eigenvalue weighted by atomic mass is 32.2. The van der Waals surface area contributed by atoms with Gasteiger partial charge in [-0.1, -0.05) is 0 Å². The summed E-state index contributed by atoms with van der Waals surface area (Å²) in [5.74, 6) is 0.910. The van der Waals surface area contributed by atoms with E-state index in [4.69, 9.17) is 0 Å². The van der Waals surface area contributed by atoms with E-state index >= 15 is 0 Å². The summed E-state index contributed by atoms with van der Waals surface area (Å²) in [7, 11) is 3.62. The first-order valence-electron chi connectivity index (χ1n) is 5.07. The lowest BCUT2D eigenvalue weighted by molar-refractivity contribution is 0.0798. The van der Waals surface area contributed by atoms with Crippen LogP contribution >= 0.6 is 11.8 Å². The second-order valence-electron chi connectivity index (χ2n) is 3.40. The molecule has 16 heavy (non-hydrogen) atoms. The number of aromatic nitrogens is 1. The first kappa shape index (κ1) is 12.8. The maximum absolute atomic E-state index is 11.9. The van der Waals surface area contributed by atoms with Crippen LogP contribution in [0.2, 0.25) is 0 Å². The lowest BCUT2D eigenvalue weighted by atomic mass is 10.3. The van der Waals surface area contributed by atoms with Crippen molar-refractivity contribution in [2.75, 3.05) is 38.0 Å². The quantitative estimate of drug-likeness (QED) is 0.847. The molecule has 1 heterocycles. The number of nitrogens with zero attached hydrogens (tertiary/aromatic N) is 2. The zero-order valence-electron chi connectivity index (χ0n) is 9.86. The van der Waals surface area contributed by atoms with Gasteiger partial charge in [0.1, 0.15) is 5.69 Å². The summed E-state index contributed by atoms with van der Waals surface area (Å²) in [5.41, 5.74) is 1.39. The Kier molecular flexibility index (Phi) is 5.11. The first-order chi connectivity index (χ1) is 7.69. The summed E-state index contributed by atoms with van der Waals surface area (Å²) in [4.78, 5) is 17.7. The average molecular weight is 239 g/mol. The van der Waals surface area contributed by atoms with E-state index in [1.54, 1.807) is 36.0 Å². The fourth-order valence-electron chi connectivity index (χ4n) is 1.19. The second-order valence-corrected chi connectivity index (χ2v) is 4.39. The van der Waals surface area contributed by atoms with E-state index in [-0.39, 0.29) is 5.91 Å². The molecule has 1 aromatic heterocycles. The Labute approximate surface area is 100 Å². The van der Waals surface area contributed by atoms with Crippen LogP contribution in [0.15, 0.2) is 18.3 Å². The normalized spacial score (nSPS) is 9.94. The Morgan fingerprint density at radius 3 is 2.81 bits per heavy atom. The van der Waals surface area contributed by atoms with Gasteiger partial charge < -0.3 is 10.2 Å².